The third-order valence-corrected chi connectivity index (χ3v) is 4.29. The molecule has 0 aliphatic carbocycles. The zero-order chi connectivity index (χ0) is 15.2. The molecule has 6 nitrogen and oxygen atoms in total. The summed E-state index contributed by atoms with van der Waals surface area (Å²) < 4.78 is 1.86. The lowest BCUT2D eigenvalue weighted by Gasteiger charge is -2.13. The summed E-state index contributed by atoms with van der Waals surface area (Å²) in [6, 6.07) is 0. The summed E-state index contributed by atoms with van der Waals surface area (Å²) in [6.07, 6.45) is 3.70. The lowest BCUT2D eigenvalue weighted by molar-refractivity contribution is 0.0946. The fourth-order valence-corrected chi connectivity index (χ4v) is 2.83. The highest BCUT2D eigenvalue weighted by molar-refractivity contribution is 5.95. The van der Waals surface area contributed by atoms with Crippen LogP contribution >= 0.6 is 0 Å². The molecule has 2 rings (SSSR count). The fourth-order valence-electron chi connectivity index (χ4n) is 2.83. The minimum atomic E-state index is -0.0125. The summed E-state index contributed by atoms with van der Waals surface area (Å²) in [5.74, 6) is 0.558. The van der Waals surface area contributed by atoms with Crippen LogP contribution in [-0.2, 0) is 6.54 Å². The topological polar surface area (TPSA) is 76.2 Å². The van der Waals surface area contributed by atoms with E-state index in [1.807, 2.05) is 11.6 Å². The molecular formula is C15H27N5O. The number of hydrogen-bond donors (Lipinski definition) is 2. The normalized spacial score (nSPS) is 19.1. The zero-order valence-electron chi connectivity index (χ0n) is 13.1. The molecule has 1 aromatic rings. The van der Waals surface area contributed by atoms with E-state index in [0.29, 0.717) is 18.0 Å². The second-order valence-electron chi connectivity index (χ2n) is 5.77. The van der Waals surface area contributed by atoms with Crippen LogP contribution in [0.15, 0.2) is 6.20 Å². The van der Waals surface area contributed by atoms with Crippen molar-refractivity contribution in [2.24, 2.45) is 11.7 Å². The number of amides is 1. The molecule has 3 N–H and O–H groups in total. The maximum absolute atomic E-state index is 12.3. The Hall–Kier alpha value is -1.40. The van der Waals surface area contributed by atoms with E-state index in [1.165, 1.54) is 6.42 Å². The minimum Gasteiger partial charge on any atom is -0.352 e. The van der Waals surface area contributed by atoms with E-state index in [9.17, 15) is 4.79 Å². The number of aromatic nitrogens is 2. The molecule has 1 aliphatic rings. The van der Waals surface area contributed by atoms with Gasteiger partial charge in [-0.3, -0.25) is 9.48 Å². The molecule has 1 fully saturated rings. The van der Waals surface area contributed by atoms with Gasteiger partial charge in [-0.15, -0.1) is 0 Å². The number of aryl methyl sites for hydroxylation is 1. The molecule has 1 aliphatic heterocycles. The van der Waals surface area contributed by atoms with E-state index in [2.05, 4.69) is 22.2 Å². The van der Waals surface area contributed by atoms with Gasteiger partial charge in [0.2, 0.25) is 0 Å². The Balaban J connectivity index is 1.84. The average Bonchev–Trinajstić information content (AvgIpc) is 3.09. The molecule has 0 saturated carbocycles. The lowest BCUT2D eigenvalue weighted by atomic mass is 10.1. The van der Waals surface area contributed by atoms with Gasteiger partial charge in [0.05, 0.1) is 11.8 Å². The third-order valence-electron chi connectivity index (χ3n) is 4.29. The zero-order valence-corrected chi connectivity index (χ0v) is 13.1. The maximum Gasteiger partial charge on any atom is 0.254 e. The fraction of sp³-hybridized carbons (Fsp3) is 0.733. The summed E-state index contributed by atoms with van der Waals surface area (Å²) in [6.45, 7) is 9.60. The monoisotopic (exact) mass is 293 g/mol. The maximum atomic E-state index is 12.3. The van der Waals surface area contributed by atoms with Gasteiger partial charge in [-0.05, 0) is 45.3 Å². The van der Waals surface area contributed by atoms with E-state index < -0.39 is 0 Å². The summed E-state index contributed by atoms with van der Waals surface area (Å²) in [4.78, 5) is 14.7. The van der Waals surface area contributed by atoms with Crippen molar-refractivity contribution in [3.8, 4) is 0 Å². The van der Waals surface area contributed by atoms with Crippen LogP contribution in [0.4, 0.5) is 0 Å². The van der Waals surface area contributed by atoms with Crippen LogP contribution in [0, 0.1) is 12.8 Å². The van der Waals surface area contributed by atoms with E-state index >= 15 is 0 Å². The quantitative estimate of drug-likeness (QED) is 0.772. The van der Waals surface area contributed by atoms with Crippen molar-refractivity contribution in [2.45, 2.75) is 33.2 Å². The number of carbonyl (C=O) groups is 1. The van der Waals surface area contributed by atoms with Crippen molar-refractivity contribution in [3.63, 3.8) is 0 Å². The van der Waals surface area contributed by atoms with Crippen LogP contribution < -0.4 is 11.1 Å². The number of nitrogens with one attached hydrogen (secondary N) is 1. The first-order valence-corrected chi connectivity index (χ1v) is 7.88. The highest BCUT2D eigenvalue weighted by Gasteiger charge is 2.22. The molecule has 6 heteroatoms. The summed E-state index contributed by atoms with van der Waals surface area (Å²) in [5.41, 5.74) is 7.11. The van der Waals surface area contributed by atoms with Crippen molar-refractivity contribution in [3.05, 3.63) is 17.5 Å². The molecule has 0 radical (unpaired) electrons. The number of likely N-dealkylation sites (tertiary alicyclic amines) is 1. The van der Waals surface area contributed by atoms with Crippen LogP contribution in [0.3, 0.4) is 0 Å². The molecule has 1 saturated heterocycles. The molecule has 1 unspecified atom stereocenters. The van der Waals surface area contributed by atoms with Gasteiger partial charge in [0.25, 0.3) is 5.91 Å². The molecule has 1 amide bonds. The highest BCUT2D eigenvalue weighted by atomic mass is 16.1. The standard InChI is InChI=1S/C15H27N5O/c1-3-19-8-5-13(11-19)9-17-15(21)14-10-18-20(12(14)2)7-4-6-16/h10,13H,3-9,11,16H2,1-2H3,(H,17,21). The Labute approximate surface area is 126 Å². The molecule has 2 heterocycles. The summed E-state index contributed by atoms with van der Waals surface area (Å²) in [5, 5.41) is 7.32. The Morgan fingerprint density at radius 3 is 3.05 bits per heavy atom. The van der Waals surface area contributed by atoms with Gasteiger partial charge >= 0.3 is 0 Å². The van der Waals surface area contributed by atoms with Crippen LogP contribution in [-0.4, -0.2) is 53.3 Å². The smallest absolute Gasteiger partial charge is 0.254 e. The lowest BCUT2D eigenvalue weighted by Crippen LogP contribution is -2.31. The second kappa shape index (κ2) is 7.56. The average molecular weight is 293 g/mol. The Morgan fingerprint density at radius 2 is 2.38 bits per heavy atom. The van der Waals surface area contributed by atoms with Gasteiger partial charge in [0.15, 0.2) is 0 Å². The molecule has 0 spiro atoms. The van der Waals surface area contributed by atoms with E-state index in [-0.39, 0.29) is 5.91 Å². The van der Waals surface area contributed by atoms with Crippen molar-refractivity contribution in [2.75, 3.05) is 32.7 Å². The molecule has 1 aromatic heterocycles. The van der Waals surface area contributed by atoms with E-state index in [1.54, 1.807) is 6.20 Å². The second-order valence-corrected chi connectivity index (χ2v) is 5.77. The number of carbonyl (C=O) groups excluding carboxylic acids is 1. The summed E-state index contributed by atoms with van der Waals surface area (Å²) >= 11 is 0. The van der Waals surface area contributed by atoms with Crippen molar-refractivity contribution >= 4 is 5.91 Å². The number of nitrogens with two attached hydrogens (primary N) is 1. The Morgan fingerprint density at radius 1 is 1.57 bits per heavy atom. The predicted octanol–water partition coefficient (Wildman–Crippen LogP) is 0.612. The Kier molecular flexibility index (Phi) is 5.76. The van der Waals surface area contributed by atoms with Gasteiger partial charge in [-0.2, -0.15) is 5.10 Å². The largest absolute Gasteiger partial charge is 0.352 e. The van der Waals surface area contributed by atoms with E-state index in [0.717, 1.165) is 44.8 Å². The molecule has 0 bridgehead atoms. The van der Waals surface area contributed by atoms with Gasteiger partial charge < -0.3 is 16.0 Å². The van der Waals surface area contributed by atoms with Gasteiger partial charge in [-0.1, -0.05) is 6.92 Å². The third kappa shape index (κ3) is 4.04. The first kappa shape index (κ1) is 16.0. The van der Waals surface area contributed by atoms with Crippen molar-refractivity contribution in [1.82, 2.24) is 20.0 Å². The van der Waals surface area contributed by atoms with Gasteiger partial charge in [0.1, 0.15) is 0 Å². The van der Waals surface area contributed by atoms with Crippen LogP contribution in [0.2, 0.25) is 0 Å². The first-order valence-electron chi connectivity index (χ1n) is 7.88. The van der Waals surface area contributed by atoms with Gasteiger partial charge in [-0.25, -0.2) is 0 Å². The molecule has 21 heavy (non-hydrogen) atoms. The SMILES string of the molecule is CCN1CCC(CNC(=O)c2cnn(CCCN)c2C)C1. The predicted molar refractivity (Wildman–Crippen MR) is 83.2 cm³/mol. The van der Waals surface area contributed by atoms with Crippen LogP contribution in [0.1, 0.15) is 35.8 Å². The highest BCUT2D eigenvalue weighted by Crippen LogP contribution is 2.15. The Bertz CT molecular complexity index is 471. The van der Waals surface area contributed by atoms with E-state index in [4.69, 9.17) is 5.73 Å². The van der Waals surface area contributed by atoms with Crippen molar-refractivity contribution < 1.29 is 4.79 Å². The van der Waals surface area contributed by atoms with Crippen LogP contribution in [0.5, 0.6) is 0 Å². The minimum absolute atomic E-state index is 0.0125. The van der Waals surface area contributed by atoms with Gasteiger partial charge in [0, 0.05) is 25.3 Å². The number of nitrogens with zero attached hydrogens (tertiary/aromatic N) is 3. The number of rotatable bonds is 7. The van der Waals surface area contributed by atoms with Crippen LogP contribution in [0.25, 0.3) is 0 Å². The molecule has 1 atom stereocenters. The molecule has 118 valence electrons. The number of hydrogen-bond acceptors (Lipinski definition) is 4. The summed E-state index contributed by atoms with van der Waals surface area (Å²) in [7, 11) is 0. The first-order chi connectivity index (χ1) is 10.2. The van der Waals surface area contributed by atoms with Crippen molar-refractivity contribution in [1.29, 1.82) is 0 Å². The molecular weight excluding hydrogens is 266 g/mol. The molecule has 0 aromatic carbocycles.